The third kappa shape index (κ3) is 3.41. The van der Waals surface area contributed by atoms with E-state index in [1.165, 1.54) is 0 Å². The summed E-state index contributed by atoms with van der Waals surface area (Å²) in [6.07, 6.45) is -3.82. The van der Waals surface area contributed by atoms with Crippen molar-refractivity contribution in [1.29, 1.82) is 0 Å². The minimum absolute atomic E-state index is 0.0625. The summed E-state index contributed by atoms with van der Waals surface area (Å²) in [5.74, 6) is -0.220. The lowest BCUT2D eigenvalue weighted by Crippen LogP contribution is -2.32. The highest BCUT2D eigenvalue weighted by molar-refractivity contribution is 5.78. The molecule has 0 aromatic carbocycles. The highest BCUT2D eigenvalue weighted by Gasteiger charge is 2.36. The van der Waals surface area contributed by atoms with E-state index in [2.05, 4.69) is 10.1 Å². The zero-order valence-corrected chi connectivity index (χ0v) is 15.3. The fraction of sp³-hybridized carbons (Fsp3) is 0.611. The quantitative estimate of drug-likeness (QED) is 0.827. The largest absolute Gasteiger partial charge is 0.433 e. The Morgan fingerprint density at radius 3 is 2.50 bits per heavy atom. The van der Waals surface area contributed by atoms with Gasteiger partial charge in [0, 0.05) is 36.7 Å². The summed E-state index contributed by atoms with van der Waals surface area (Å²) in [6, 6.07) is 2.69. The van der Waals surface area contributed by atoms with E-state index in [0.717, 1.165) is 10.6 Å². The first-order chi connectivity index (χ1) is 12.1. The molecule has 1 fully saturated rings. The molecule has 0 saturated carbocycles. The standard InChI is InChI=1S/C18H23F3N4O/c1-10(2)13-7-15(18(19,20)21)25-16(22-13)8-14(23-25)12-5-6-24(9-12)17(26)11(3)4/h7-8,10-12H,5-6,9H2,1-4H3/t12-/m0/s1. The number of hydrogen-bond acceptors (Lipinski definition) is 3. The molecule has 2 aromatic heterocycles. The Bertz CT molecular complexity index is 826. The van der Waals surface area contributed by atoms with Crippen LogP contribution in [0.4, 0.5) is 13.2 Å². The summed E-state index contributed by atoms with van der Waals surface area (Å²) in [5, 5.41) is 4.20. The second kappa shape index (κ2) is 6.55. The lowest BCUT2D eigenvalue weighted by Gasteiger charge is -2.18. The maximum absolute atomic E-state index is 13.5. The molecule has 26 heavy (non-hydrogen) atoms. The number of nitrogens with zero attached hydrogens (tertiary/aromatic N) is 4. The Morgan fingerprint density at radius 1 is 1.23 bits per heavy atom. The number of aromatic nitrogens is 3. The van der Waals surface area contributed by atoms with Gasteiger partial charge in [0.2, 0.25) is 5.91 Å². The van der Waals surface area contributed by atoms with Gasteiger partial charge in [0.15, 0.2) is 5.65 Å². The topological polar surface area (TPSA) is 50.5 Å². The number of rotatable bonds is 3. The number of carbonyl (C=O) groups is 1. The lowest BCUT2D eigenvalue weighted by molar-refractivity contribution is -0.142. The number of carbonyl (C=O) groups excluding carboxylic acids is 1. The van der Waals surface area contributed by atoms with Gasteiger partial charge < -0.3 is 4.90 Å². The number of likely N-dealkylation sites (tertiary alicyclic amines) is 1. The molecule has 5 nitrogen and oxygen atoms in total. The number of alkyl halides is 3. The molecule has 0 aliphatic carbocycles. The minimum Gasteiger partial charge on any atom is -0.342 e. The monoisotopic (exact) mass is 368 g/mol. The lowest BCUT2D eigenvalue weighted by atomic mass is 10.1. The zero-order valence-electron chi connectivity index (χ0n) is 15.3. The zero-order chi connectivity index (χ0) is 19.2. The highest BCUT2D eigenvalue weighted by Crippen LogP contribution is 2.33. The van der Waals surface area contributed by atoms with Gasteiger partial charge in [-0.2, -0.15) is 18.3 Å². The van der Waals surface area contributed by atoms with E-state index in [1.54, 1.807) is 11.0 Å². The van der Waals surface area contributed by atoms with E-state index in [9.17, 15) is 18.0 Å². The van der Waals surface area contributed by atoms with Crippen LogP contribution < -0.4 is 0 Å². The molecule has 0 spiro atoms. The van der Waals surface area contributed by atoms with Crippen molar-refractivity contribution >= 4 is 11.6 Å². The highest BCUT2D eigenvalue weighted by atomic mass is 19.4. The number of amides is 1. The van der Waals surface area contributed by atoms with Gasteiger partial charge in [0.25, 0.3) is 0 Å². The fourth-order valence-electron chi connectivity index (χ4n) is 3.28. The van der Waals surface area contributed by atoms with Crippen molar-refractivity contribution in [2.45, 2.75) is 52.1 Å². The van der Waals surface area contributed by atoms with Crippen LogP contribution in [0.1, 0.15) is 63.0 Å². The van der Waals surface area contributed by atoms with Crippen molar-refractivity contribution in [1.82, 2.24) is 19.5 Å². The van der Waals surface area contributed by atoms with Crippen LogP contribution in [0.3, 0.4) is 0 Å². The van der Waals surface area contributed by atoms with E-state index in [0.29, 0.717) is 30.9 Å². The molecule has 1 amide bonds. The van der Waals surface area contributed by atoms with Crippen molar-refractivity contribution in [3.63, 3.8) is 0 Å². The molecule has 8 heteroatoms. The molecule has 2 aromatic rings. The van der Waals surface area contributed by atoms with Crippen LogP contribution in [0.5, 0.6) is 0 Å². The molecule has 142 valence electrons. The average Bonchev–Trinajstić information content (AvgIpc) is 3.18. The average molecular weight is 368 g/mol. The van der Waals surface area contributed by atoms with Gasteiger partial charge in [0.1, 0.15) is 5.69 Å². The Hall–Kier alpha value is -2.12. The predicted octanol–water partition coefficient (Wildman–Crippen LogP) is 3.84. The normalized spacial score (nSPS) is 18.5. The van der Waals surface area contributed by atoms with Crippen LogP contribution >= 0.6 is 0 Å². The van der Waals surface area contributed by atoms with Gasteiger partial charge in [-0.15, -0.1) is 0 Å². The SMILES string of the molecule is CC(C)C(=O)N1CC[C@H](c2cc3nc(C(C)C)cc(C(F)(F)F)n3n2)C1. The second-order valence-electron chi connectivity index (χ2n) is 7.48. The Balaban J connectivity index is 1.98. The van der Waals surface area contributed by atoms with Crippen molar-refractivity contribution in [3.05, 3.63) is 29.2 Å². The van der Waals surface area contributed by atoms with Crippen LogP contribution in [0, 0.1) is 5.92 Å². The van der Waals surface area contributed by atoms with Crippen molar-refractivity contribution in [2.75, 3.05) is 13.1 Å². The van der Waals surface area contributed by atoms with Gasteiger partial charge in [-0.05, 0) is 18.4 Å². The van der Waals surface area contributed by atoms with E-state index >= 15 is 0 Å². The number of fused-ring (bicyclic) bond motifs is 1. The molecular formula is C18H23F3N4O. The Kier molecular flexibility index (Phi) is 4.71. The summed E-state index contributed by atoms with van der Waals surface area (Å²) in [7, 11) is 0. The molecule has 3 rings (SSSR count). The predicted molar refractivity (Wildman–Crippen MR) is 90.9 cm³/mol. The van der Waals surface area contributed by atoms with Gasteiger partial charge in [0.05, 0.1) is 5.69 Å². The molecule has 1 atom stereocenters. The maximum atomic E-state index is 13.5. The minimum atomic E-state index is -4.51. The van der Waals surface area contributed by atoms with Crippen molar-refractivity contribution < 1.29 is 18.0 Å². The summed E-state index contributed by atoms with van der Waals surface area (Å²) in [5.41, 5.74) is 0.333. The van der Waals surface area contributed by atoms with Crippen molar-refractivity contribution in [3.8, 4) is 0 Å². The first-order valence-electron chi connectivity index (χ1n) is 8.84. The third-order valence-corrected chi connectivity index (χ3v) is 4.76. The van der Waals surface area contributed by atoms with Crippen molar-refractivity contribution in [2.24, 2.45) is 5.92 Å². The van der Waals surface area contributed by atoms with E-state index in [1.807, 2.05) is 27.7 Å². The summed E-state index contributed by atoms with van der Waals surface area (Å²) < 4.78 is 41.3. The smallest absolute Gasteiger partial charge is 0.342 e. The van der Waals surface area contributed by atoms with Crippen LogP contribution in [0.25, 0.3) is 5.65 Å². The molecule has 1 saturated heterocycles. The summed E-state index contributed by atoms with van der Waals surface area (Å²) in [6.45, 7) is 8.39. The molecule has 0 radical (unpaired) electrons. The summed E-state index contributed by atoms with van der Waals surface area (Å²) >= 11 is 0. The second-order valence-corrected chi connectivity index (χ2v) is 7.48. The van der Waals surface area contributed by atoms with E-state index in [4.69, 9.17) is 0 Å². The molecule has 1 aliphatic rings. The Morgan fingerprint density at radius 2 is 1.92 bits per heavy atom. The number of hydrogen-bond donors (Lipinski definition) is 0. The van der Waals surface area contributed by atoms with Crippen LogP contribution in [-0.4, -0.2) is 38.5 Å². The van der Waals surface area contributed by atoms with Gasteiger partial charge in [-0.3, -0.25) is 4.79 Å². The Labute approximate surface area is 150 Å². The molecule has 0 N–H and O–H groups in total. The summed E-state index contributed by atoms with van der Waals surface area (Å²) in [4.78, 5) is 18.2. The first kappa shape index (κ1) is 18.7. The van der Waals surface area contributed by atoms with E-state index in [-0.39, 0.29) is 29.3 Å². The molecule has 3 heterocycles. The van der Waals surface area contributed by atoms with Gasteiger partial charge in [-0.1, -0.05) is 27.7 Å². The molecule has 1 aliphatic heterocycles. The third-order valence-electron chi connectivity index (χ3n) is 4.76. The number of halogens is 3. The molecular weight excluding hydrogens is 345 g/mol. The van der Waals surface area contributed by atoms with E-state index < -0.39 is 11.9 Å². The van der Waals surface area contributed by atoms with Gasteiger partial charge in [-0.25, -0.2) is 9.50 Å². The maximum Gasteiger partial charge on any atom is 0.433 e. The van der Waals surface area contributed by atoms with Gasteiger partial charge >= 0.3 is 6.18 Å². The first-order valence-corrected chi connectivity index (χ1v) is 8.84. The fourth-order valence-corrected chi connectivity index (χ4v) is 3.28. The molecule has 0 unspecified atom stereocenters. The van der Waals surface area contributed by atoms with Crippen LogP contribution in [0.2, 0.25) is 0 Å². The van der Waals surface area contributed by atoms with Crippen LogP contribution in [-0.2, 0) is 11.0 Å². The molecule has 0 bridgehead atoms. The van der Waals surface area contributed by atoms with Crippen LogP contribution in [0.15, 0.2) is 12.1 Å².